The number of rotatable bonds is 1. The van der Waals surface area contributed by atoms with Crippen molar-refractivity contribution in [2.75, 3.05) is 5.73 Å². The van der Waals surface area contributed by atoms with Crippen LogP contribution in [0.4, 0.5) is 5.95 Å². The number of nitrogen functional groups attached to an aromatic ring is 1. The SMILES string of the molecule is CC(C)=C(C)c1nnc(N)n1C. The third-order valence-electron chi connectivity index (χ3n) is 1.99. The van der Waals surface area contributed by atoms with E-state index in [0.29, 0.717) is 5.95 Å². The van der Waals surface area contributed by atoms with Crippen molar-refractivity contribution in [2.45, 2.75) is 20.8 Å². The molecule has 0 aliphatic carbocycles. The van der Waals surface area contributed by atoms with Crippen molar-refractivity contribution < 1.29 is 0 Å². The molecule has 4 heteroatoms. The van der Waals surface area contributed by atoms with Crippen LogP contribution < -0.4 is 5.73 Å². The fraction of sp³-hybridized carbons (Fsp3) is 0.500. The first kappa shape index (κ1) is 8.77. The van der Waals surface area contributed by atoms with E-state index in [9.17, 15) is 0 Å². The molecular formula is C8H14N4. The molecule has 0 aliphatic heterocycles. The Morgan fingerprint density at radius 1 is 1.25 bits per heavy atom. The molecular weight excluding hydrogens is 152 g/mol. The van der Waals surface area contributed by atoms with Gasteiger partial charge in [-0.1, -0.05) is 5.57 Å². The number of nitrogens with zero attached hydrogens (tertiary/aromatic N) is 3. The number of hydrogen-bond donors (Lipinski definition) is 1. The van der Waals surface area contributed by atoms with Gasteiger partial charge in [-0.25, -0.2) is 0 Å². The maximum absolute atomic E-state index is 5.55. The predicted molar refractivity (Wildman–Crippen MR) is 49.4 cm³/mol. The zero-order valence-corrected chi connectivity index (χ0v) is 7.92. The zero-order chi connectivity index (χ0) is 9.30. The molecule has 0 amide bonds. The molecule has 0 saturated carbocycles. The van der Waals surface area contributed by atoms with Crippen molar-refractivity contribution in [1.82, 2.24) is 14.8 Å². The van der Waals surface area contributed by atoms with E-state index in [-0.39, 0.29) is 0 Å². The average Bonchev–Trinajstić information content (AvgIpc) is 2.32. The molecule has 2 N–H and O–H groups in total. The zero-order valence-electron chi connectivity index (χ0n) is 7.92. The van der Waals surface area contributed by atoms with Crippen LogP contribution in [0.25, 0.3) is 5.57 Å². The van der Waals surface area contributed by atoms with Gasteiger partial charge in [0.25, 0.3) is 0 Å². The van der Waals surface area contributed by atoms with Crippen molar-refractivity contribution in [3.63, 3.8) is 0 Å². The second kappa shape index (κ2) is 2.97. The van der Waals surface area contributed by atoms with Crippen molar-refractivity contribution in [3.05, 3.63) is 11.4 Å². The van der Waals surface area contributed by atoms with Gasteiger partial charge in [0, 0.05) is 7.05 Å². The highest BCUT2D eigenvalue weighted by Gasteiger charge is 2.07. The van der Waals surface area contributed by atoms with Gasteiger partial charge in [-0.3, -0.25) is 4.57 Å². The lowest BCUT2D eigenvalue weighted by molar-refractivity contribution is 0.897. The third-order valence-corrected chi connectivity index (χ3v) is 1.99. The summed E-state index contributed by atoms with van der Waals surface area (Å²) in [6, 6.07) is 0. The van der Waals surface area contributed by atoms with Gasteiger partial charge in [-0.05, 0) is 26.3 Å². The number of nitrogens with two attached hydrogens (primary N) is 1. The van der Waals surface area contributed by atoms with Crippen LogP contribution in [-0.4, -0.2) is 14.8 Å². The summed E-state index contributed by atoms with van der Waals surface area (Å²) in [5.41, 5.74) is 7.90. The monoisotopic (exact) mass is 166 g/mol. The minimum absolute atomic E-state index is 0.450. The number of anilines is 1. The van der Waals surface area contributed by atoms with Gasteiger partial charge < -0.3 is 5.73 Å². The van der Waals surface area contributed by atoms with Gasteiger partial charge in [-0.2, -0.15) is 0 Å². The molecule has 0 aromatic carbocycles. The minimum atomic E-state index is 0.450. The first-order valence-electron chi connectivity index (χ1n) is 3.83. The maximum atomic E-state index is 5.55. The molecule has 0 bridgehead atoms. The van der Waals surface area contributed by atoms with Gasteiger partial charge in [0.05, 0.1) is 0 Å². The molecule has 12 heavy (non-hydrogen) atoms. The van der Waals surface area contributed by atoms with Gasteiger partial charge in [0.15, 0.2) is 5.82 Å². The normalized spacial score (nSPS) is 10.0. The summed E-state index contributed by atoms with van der Waals surface area (Å²) in [6.07, 6.45) is 0. The smallest absolute Gasteiger partial charge is 0.221 e. The summed E-state index contributed by atoms with van der Waals surface area (Å²) in [6.45, 7) is 6.10. The van der Waals surface area contributed by atoms with E-state index in [0.717, 1.165) is 11.4 Å². The van der Waals surface area contributed by atoms with Gasteiger partial charge in [0.1, 0.15) is 0 Å². The number of allylic oxidation sites excluding steroid dienone is 2. The van der Waals surface area contributed by atoms with Crippen molar-refractivity contribution in [1.29, 1.82) is 0 Å². The fourth-order valence-electron chi connectivity index (χ4n) is 0.891. The Hall–Kier alpha value is -1.32. The minimum Gasteiger partial charge on any atom is -0.368 e. The van der Waals surface area contributed by atoms with Crippen molar-refractivity contribution in [2.24, 2.45) is 7.05 Å². The quantitative estimate of drug-likeness (QED) is 0.682. The maximum Gasteiger partial charge on any atom is 0.221 e. The van der Waals surface area contributed by atoms with Crippen molar-refractivity contribution in [3.8, 4) is 0 Å². The van der Waals surface area contributed by atoms with Crippen LogP contribution in [-0.2, 0) is 7.05 Å². The van der Waals surface area contributed by atoms with E-state index >= 15 is 0 Å². The Labute approximate surface area is 72.1 Å². The molecule has 1 heterocycles. The summed E-state index contributed by atoms with van der Waals surface area (Å²) in [4.78, 5) is 0. The van der Waals surface area contributed by atoms with Gasteiger partial charge in [0.2, 0.25) is 5.95 Å². The highest BCUT2D eigenvalue weighted by atomic mass is 15.3. The van der Waals surface area contributed by atoms with E-state index in [4.69, 9.17) is 5.73 Å². The fourth-order valence-corrected chi connectivity index (χ4v) is 0.891. The summed E-state index contributed by atoms with van der Waals surface area (Å²) < 4.78 is 1.78. The van der Waals surface area contributed by atoms with Gasteiger partial charge >= 0.3 is 0 Å². The molecule has 1 aromatic heterocycles. The molecule has 0 radical (unpaired) electrons. The predicted octanol–water partition coefficient (Wildman–Crippen LogP) is 1.21. The topological polar surface area (TPSA) is 56.7 Å². The molecule has 0 atom stereocenters. The van der Waals surface area contributed by atoms with Crippen LogP contribution in [0.15, 0.2) is 5.57 Å². The van der Waals surface area contributed by atoms with Crippen LogP contribution in [0.2, 0.25) is 0 Å². The summed E-state index contributed by atoms with van der Waals surface area (Å²) in [5, 5.41) is 7.74. The Morgan fingerprint density at radius 3 is 2.17 bits per heavy atom. The molecule has 66 valence electrons. The second-order valence-corrected chi connectivity index (χ2v) is 3.07. The Kier molecular flexibility index (Phi) is 2.17. The number of aromatic nitrogens is 3. The molecule has 4 nitrogen and oxygen atoms in total. The van der Waals surface area contributed by atoms with Crippen LogP contribution in [0.5, 0.6) is 0 Å². The largest absolute Gasteiger partial charge is 0.368 e. The molecule has 1 rings (SSSR count). The third kappa shape index (κ3) is 1.32. The standard InChI is InChI=1S/C8H14N4/c1-5(2)6(3)7-10-11-8(9)12(7)4/h1-4H3,(H2,9,11). The Bertz CT molecular complexity index is 318. The van der Waals surface area contributed by atoms with Crippen LogP contribution in [0.3, 0.4) is 0 Å². The van der Waals surface area contributed by atoms with E-state index < -0.39 is 0 Å². The Balaban J connectivity index is 3.21. The molecule has 0 aliphatic rings. The Morgan fingerprint density at radius 2 is 1.83 bits per heavy atom. The molecule has 1 aromatic rings. The van der Waals surface area contributed by atoms with E-state index in [1.165, 1.54) is 5.57 Å². The van der Waals surface area contributed by atoms with Gasteiger partial charge in [-0.15, -0.1) is 10.2 Å². The highest BCUT2D eigenvalue weighted by molar-refractivity contribution is 5.61. The van der Waals surface area contributed by atoms with Crippen molar-refractivity contribution >= 4 is 11.5 Å². The van der Waals surface area contributed by atoms with Crippen LogP contribution >= 0.6 is 0 Å². The molecule has 0 fully saturated rings. The number of hydrogen-bond acceptors (Lipinski definition) is 3. The lowest BCUT2D eigenvalue weighted by atomic mass is 10.2. The summed E-state index contributed by atoms with van der Waals surface area (Å²) >= 11 is 0. The van der Waals surface area contributed by atoms with Crippen LogP contribution in [0, 0.1) is 0 Å². The first-order valence-corrected chi connectivity index (χ1v) is 3.83. The second-order valence-electron chi connectivity index (χ2n) is 3.07. The lowest BCUT2D eigenvalue weighted by Crippen LogP contribution is -2.00. The molecule has 0 spiro atoms. The average molecular weight is 166 g/mol. The van der Waals surface area contributed by atoms with E-state index in [1.807, 2.05) is 27.8 Å². The van der Waals surface area contributed by atoms with E-state index in [2.05, 4.69) is 10.2 Å². The lowest BCUT2D eigenvalue weighted by Gasteiger charge is -2.02. The summed E-state index contributed by atoms with van der Waals surface area (Å²) in [7, 11) is 1.86. The molecule has 0 saturated heterocycles. The van der Waals surface area contributed by atoms with Crippen LogP contribution in [0.1, 0.15) is 26.6 Å². The highest BCUT2D eigenvalue weighted by Crippen LogP contribution is 2.15. The summed E-state index contributed by atoms with van der Waals surface area (Å²) in [5.74, 6) is 1.29. The first-order chi connectivity index (χ1) is 5.54. The molecule has 0 unspecified atom stereocenters. The van der Waals surface area contributed by atoms with E-state index in [1.54, 1.807) is 4.57 Å².